The van der Waals surface area contributed by atoms with Gasteiger partial charge in [-0.2, -0.15) is 0 Å². The number of aromatic amines is 1. The van der Waals surface area contributed by atoms with Crippen LogP contribution in [-0.4, -0.2) is 46.5 Å². The van der Waals surface area contributed by atoms with E-state index in [1.807, 2.05) is 7.05 Å². The molecule has 1 aromatic heterocycles. The number of nitrogens with zero attached hydrogens (tertiary/aromatic N) is 2. The first-order valence-corrected chi connectivity index (χ1v) is 7.25. The van der Waals surface area contributed by atoms with Gasteiger partial charge < -0.3 is 10.2 Å². The standard InChI is InChI=1S/C12H17BrN4O3/c1-14-5-8-3-2-4-17(8)10(18)7-16-6-9(13)11(19)15-12(16)20/h6,8,14H,2-5,7H2,1H3,(H,15,19,20). The van der Waals surface area contributed by atoms with Crippen molar-refractivity contribution in [2.45, 2.75) is 25.4 Å². The highest BCUT2D eigenvalue weighted by Crippen LogP contribution is 2.16. The molecule has 0 bridgehead atoms. The summed E-state index contributed by atoms with van der Waals surface area (Å²) < 4.78 is 1.45. The Bertz CT molecular complexity index is 609. The smallest absolute Gasteiger partial charge is 0.328 e. The Kier molecular flexibility index (Phi) is 4.77. The molecule has 1 aliphatic heterocycles. The molecule has 1 aliphatic rings. The Morgan fingerprint density at radius 2 is 2.30 bits per heavy atom. The highest BCUT2D eigenvalue weighted by molar-refractivity contribution is 9.10. The highest BCUT2D eigenvalue weighted by Gasteiger charge is 2.28. The molecule has 7 nitrogen and oxygen atoms in total. The van der Waals surface area contributed by atoms with Crippen LogP contribution in [0.4, 0.5) is 0 Å². The van der Waals surface area contributed by atoms with Gasteiger partial charge in [-0.25, -0.2) is 4.79 Å². The van der Waals surface area contributed by atoms with Crippen LogP contribution in [-0.2, 0) is 11.3 Å². The Labute approximate surface area is 124 Å². The lowest BCUT2D eigenvalue weighted by Crippen LogP contribution is -2.44. The Morgan fingerprint density at radius 3 is 3.00 bits per heavy atom. The zero-order valence-corrected chi connectivity index (χ0v) is 12.8. The van der Waals surface area contributed by atoms with Crippen LogP contribution in [0.1, 0.15) is 12.8 Å². The summed E-state index contributed by atoms with van der Waals surface area (Å²) in [5.74, 6) is -0.108. The van der Waals surface area contributed by atoms with Crippen molar-refractivity contribution in [2.75, 3.05) is 20.1 Å². The van der Waals surface area contributed by atoms with Crippen molar-refractivity contribution in [1.29, 1.82) is 0 Å². The molecule has 0 spiro atoms. The van der Waals surface area contributed by atoms with Gasteiger partial charge in [-0.1, -0.05) is 0 Å². The largest absolute Gasteiger partial charge is 0.337 e. The van der Waals surface area contributed by atoms with Crippen LogP contribution < -0.4 is 16.6 Å². The van der Waals surface area contributed by atoms with E-state index in [-0.39, 0.29) is 23.0 Å². The number of H-pyrrole nitrogens is 1. The van der Waals surface area contributed by atoms with Gasteiger partial charge in [0.05, 0.1) is 4.47 Å². The van der Waals surface area contributed by atoms with E-state index in [1.54, 1.807) is 4.90 Å². The fraction of sp³-hybridized carbons (Fsp3) is 0.583. The quantitative estimate of drug-likeness (QED) is 0.771. The molecule has 1 saturated heterocycles. The van der Waals surface area contributed by atoms with E-state index in [9.17, 15) is 14.4 Å². The number of hydrogen-bond acceptors (Lipinski definition) is 4. The second-order valence-electron chi connectivity index (χ2n) is 4.81. The van der Waals surface area contributed by atoms with E-state index in [2.05, 4.69) is 26.2 Å². The minimum absolute atomic E-state index is 0.0611. The molecule has 0 aromatic carbocycles. The number of likely N-dealkylation sites (N-methyl/N-ethyl adjacent to an activating group) is 1. The van der Waals surface area contributed by atoms with E-state index < -0.39 is 11.2 Å². The van der Waals surface area contributed by atoms with Gasteiger partial charge in [-0.15, -0.1) is 0 Å². The molecule has 2 heterocycles. The number of hydrogen-bond donors (Lipinski definition) is 2. The van der Waals surface area contributed by atoms with Gasteiger partial charge in [0.25, 0.3) is 5.56 Å². The first kappa shape index (κ1) is 15.0. The molecule has 8 heteroatoms. The maximum Gasteiger partial charge on any atom is 0.328 e. The number of amides is 1. The van der Waals surface area contributed by atoms with Crippen molar-refractivity contribution in [1.82, 2.24) is 19.8 Å². The predicted octanol–water partition coefficient (Wildman–Crippen LogP) is -0.490. The molecular formula is C12H17BrN4O3. The van der Waals surface area contributed by atoms with Crippen LogP contribution in [0.3, 0.4) is 0 Å². The molecule has 110 valence electrons. The molecule has 0 saturated carbocycles. The second-order valence-corrected chi connectivity index (χ2v) is 5.66. The van der Waals surface area contributed by atoms with Crippen molar-refractivity contribution in [3.05, 3.63) is 31.5 Å². The van der Waals surface area contributed by atoms with Gasteiger partial charge in [0, 0.05) is 25.3 Å². The molecule has 2 N–H and O–H groups in total. The fourth-order valence-corrected chi connectivity index (χ4v) is 2.79. The number of rotatable bonds is 4. The summed E-state index contributed by atoms with van der Waals surface area (Å²) in [5, 5.41) is 3.07. The third kappa shape index (κ3) is 3.18. The first-order chi connectivity index (χ1) is 9.52. The van der Waals surface area contributed by atoms with Crippen LogP contribution >= 0.6 is 15.9 Å². The summed E-state index contributed by atoms with van der Waals surface area (Å²) in [5.41, 5.74) is -1.07. The van der Waals surface area contributed by atoms with Gasteiger partial charge in [0.15, 0.2) is 0 Å². The normalized spacial score (nSPS) is 18.5. The lowest BCUT2D eigenvalue weighted by molar-refractivity contribution is -0.132. The van der Waals surface area contributed by atoms with Crippen LogP contribution in [0.25, 0.3) is 0 Å². The van der Waals surface area contributed by atoms with E-state index in [0.29, 0.717) is 6.54 Å². The van der Waals surface area contributed by atoms with E-state index in [0.717, 1.165) is 19.4 Å². The van der Waals surface area contributed by atoms with Gasteiger partial charge in [-0.3, -0.25) is 19.1 Å². The van der Waals surface area contributed by atoms with Crippen molar-refractivity contribution in [3.63, 3.8) is 0 Å². The minimum atomic E-state index is -0.573. The topological polar surface area (TPSA) is 87.2 Å². The van der Waals surface area contributed by atoms with Crippen molar-refractivity contribution in [3.8, 4) is 0 Å². The van der Waals surface area contributed by atoms with Crippen LogP contribution in [0, 0.1) is 0 Å². The monoisotopic (exact) mass is 344 g/mol. The molecule has 1 unspecified atom stereocenters. The summed E-state index contributed by atoms with van der Waals surface area (Å²) >= 11 is 3.05. The van der Waals surface area contributed by atoms with Crippen molar-refractivity contribution < 1.29 is 4.79 Å². The molecule has 2 rings (SSSR count). The Hall–Kier alpha value is -1.41. The number of likely N-dealkylation sites (tertiary alicyclic amines) is 1. The molecule has 1 aromatic rings. The Balaban J connectivity index is 2.14. The second kappa shape index (κ2) is 6.36. The zero-order valence-electron chi connectivity index (χ0n) is 11.2. The van der Waals surface area contributed by atoms with E-state index in [1.165, 1.54) is 10.8 Å². The molecular weight excluding hydrogens is 328 g/mol. The van der Waals surface area contributed by atoms with Crippen LogP contribution in [0.2, 0.25) is 0 Å². The summed E-state index contributed by atoms with van der Waals surface area (Å²) in [6.45, 7) is 1.40. The molecule has 20 heavy (non-hydrogen) atoms. The summed E-state index contributed by atoms with van der Waals surface area (Å²) in [7, 11) is 1.85. The molecule has 0 radical (unpaired) electrons. The summed E-state index contributed by atoms with van der Waals surface area (Å²) in [6.07, 6.45) is 3.29. The SMILES string of the molecule is CNCC1CCCN1C(=O)Cn1cc(Br)c(=O)[nH]c1=O. The number of halogens is 1. The third-order valence-corrected chi connectivity index (χ3v) is 3.98. The number of aromatic nitrogens is 2. The van der Waals surface area contributed by atoms with Crippen molar-refractivity contribution >= 4 is 21.8 Å². The fourth-order valence-electron chi connectivity index (χ4n) is 2.45. The van der Waals surface area contributed by atoms with Gasteiger partial charge in [0.1, 0.15) is 6.54 Å². The summed E-state index contributed by atoms with van der Waals surface area (Å²) in [4.78, 5) is 39.1. The number of carbonyl (C=O) groups is 1. The number of nitrogens with one attached hydrogen (secondary N) is 2. The maximum absolute atomic E-state index is 12.3. The van der Waals surface area contributed by atoms with Gasteiger partial charge in [0.2, 0.25) is 5.91 Å². The Morgan fingerprint density at radius 1 is 1.55 bits per heavy atom. The molecule has 0 aliphatic carbocycles. The van der Waals surface area contributed by atoms with Crippen LogP contribution in [0.15, 0.2) is 20.3 Å². The average Bonchev–Trinajstić information content (AvgIpc) is 2.84. The lowest BCUT2D eigenvalue weighted by Gasteiger charge is -2.24. The lowest BCUT2D eigenvalue weighted by atomic mass is 10.2. The summed E-state index contributed by atoms with van der Waals surface area (Å²) in [6, 6.07) is 0.175. The molecule has 1 atom stereocenters. The maximum atomic E-state index is 12.3. The minimum Gasteiger partial charge on any atom is -0.337 e. The van der Waals surface area contributed by atoms with Gasteiger partial charge >= 0.3 is 5.69 Å². The van der Waals surface area contributed by atoms with E-state index in [4.69, 9.17) is 0 Å². The molecule has 1 fully saturated rings. The predicted molar refractivity (Wildman–Crippen MR) is 77.7 cm³/mol. The average molecular weight is 345 g/mol. The molecule has 1 amide bonds. The van der Waals surface area contributed by atoms with Gasteiger partial charge in [-0.05, 0) is 35.8 Å². The third-order valence-electron chi connectivity index (χ3n) is 3.41. The first-order valence-electron chi connectivity index (χ1n) is 6.46. The van der Waals surface area contributed by atoms with Crippen molar-refractivity contribution in [2.24, 2.45) is 0 Å². The van der Waals surface area contributed by atoms with Crippen LogP contribution in [0.5, 0.6) is 0 Å². The number of carbonyl (C=O) groups excluding carboxylic acids is 1. The van der Waals surface area contributed by atoms with E-state index >= 15 is 0 Å². The zero-order chi connectivity index (χ0) is 14.7. The highest BCUT2D eigenvalue weighted by atomic mass is 79.9.